The van der Waals surface area contributed by atoms with E-state index in [0.29, 0.717) is 18.0 Å². The number of carbonyl (C=O) groups excluding carboxylic acids is 1. The van der Waals surface area contributed by atoms with E-state index in [1.165, 1.54) is 0 Å². The first-order valence-electron chi connectivity index (χ1n) is 6.27. The van der Waals surface area contributed by atoms with Gasteiger partial charge in [-0.3, -0.25) is 9.78 Å². The third-order valence-corrected chi connectivity index (χ3v) is 2.79. The molecule has 104 valence electrons. The quantitative estimate of drug-likeness (QED) is 0.840. The highest BCUT2D eigenvalue weighted by atomic mass is 16.5. The van der Waals surface area contributed by atoms with Gasteiger partial charge in [0.25, 0.3) is 5.91 Å². The zero-order valence-corrected chi connectivity index (χ0v) is 11.3. The zero-order chi connectivity index (χ0) is 14.4. The molecule has 0 radical (unpaired) electrons. The third kappa shape index (κ3) is 3.98. The van der Waals surface area contributed by atoms with E-state index in [4.69, 9.17) is 10.5 Å². The average Bonchev–Trinajstić information content (AvgIpc) is 2.47. The van der Waals surface area contributed by atoms with E-state index in [1.54, 1.807) is 42.4 Å². The fourth-order valence-corrected chi connectivity index (χ4v) is 1.64. The smallest absolute Gasteiger partial charge is 0.260 e. The lowest BCUT2D eigenvalue weighted by Gasteiger charge is -2.17. The molecule has 0 aliphatic carbocycles. The molecule has 1 aromatic carbocycles. The Bertz CT molecular complexity index is 555. The first-order valence-corrected chi connectivity index (χ1v) is 6.27. The molecule has 0 fully saturated rings. The van der Waals surface area contributed by atoms with Gasteiger partial charge < -0.3 is 15.4 Å². The van der Waals surface area contributed by atoms with Crippen LogP contribution in [0.1, 0.15) is 5.69 Å². The van der Waals surface area contributed by atoms with Gasteiger partial charge in [0.1, 0.15) is 5.75 Å². The molecule has 0 aliphatic rings. The molecule has 0 saturated carbocycles. The fraction of sp³-hybridized carbons (Fsp3) is 0.200. The van der Waals surface area contributed by atoms with Gasteiger partial charge in [0.05, 0.1) is 12.2 Å². The standard InChI is InChI=1S/C15H17N3O2/c1-18(10-13-4-2-3-9-17-13)15(19)11-20-14-7-5-12(16)6-8-14/h2-9H,10-11,16H2,1H3. The summed E-state index contributed by atoms with van der Waals surface area (Å²) in [6.07, 6.45) is 1.71. The number of aromatic nitrogens is 1. The van der Waals surface area contributed by atoms with Gasteiger partial charge in [-0.2, -0.15) is 0 Å². The third-order valence-electron chi connectivity index (χ3n) is 2.79. The molecule has 5 heteroatoms. The summed E-state index contributed by atoms with van der Waals surface area (Å²) >= 11 is 0. The normalized spacial score (nSPS) is 10.1. The van der Waals surface area contributed by atoms with E-state index in [0.717, 1.165) is 5.69 Å². The Balaban J connectivity index is 1.83. The first-order chi connectivity index (χ1) is 9.65. The van der Waals surface area contributed by atoms with Crippen LogP contribution in [0, 0.1) is 0 Å². The number of ether oxygens (including phenoxy) is 1. The summed E-state index contributed by atoms with van der Waals surface area (Å²) < 4.78 is 5.41. The van der Waals surface area contributed by atoms with Crippen molar-refractivity contribution in [2.75, 3.05) is 19.4 Å². The van der Waals surface area contributed by atoms with Crippen LogP contribution >= 0.6 is 0 Å². The van der Waals surface area contributed by atoms with Crippen molar-refractivity contribution < 1.29 is 9.53 Å². The van der Waals surface area contributed by atoms with Crippen molar-refractivity contribution in [3.63, 3.8) is 0 Å². The van der Waals surface area contributed by atoms with Gasteiger partial charge in [-0.25, -0.2) is 0 Å². The van der Waals surface area contributed by atoms with Gasteiger partial charge in [0.15, 0.2) is 6.61 Å². The lowest BCUT2D eigenvalue weighted by Crippen LogP contribution is -2.31. The molecule has 1 amide bonds. The second-order valence-electron chi connectivity index (χ2n) is 4.43. The maximum absolute atomic E-state index is 11.9. The zero-order valence-electron chi connectivity index (χ0n) is 11.3. The van der Waals surface area contributed by atoms with E-state index in [1.807, 2.05) is 18.2 Å². The Morgan fingerprint density at radius 3 is 2.65 bits per heavy atom. The van der Waals surface area contributed by atoms with Crippen LogP contribution < -0.4 is 10.5 Å². The molecule has 0 bridgehead atoms. The molecule has 0 atom stereocenters. The maximum atomic E-state index is 11.9. The van der Waals surface area contributed by atoms with Crippen LogP contribution in [-0.4, -0.2) is 29.4 Å². The molecule has 2 N–H and O–H groups in total. The van der Waals surface area contributed by atoms with Crippen LogP contribution in [0.2, 0.25) is 0 Å². The number of amides is 1. The Morgan fingerprint density at radius 2 is 2.00 bits per heavy atom. The molecule has 1 heterocycles. The Kier molecular flexibility index (Phi) is 4.55. The maximum Gasteiger partial charge on any atom is 0.260 e. The van der Waals surface area contributed by atoms with E-state index in [9.17, 15) is 4.79 Å². The number of benzene rings is 1. The second kappa shape index (κ2) is 6.56. The van der Waals surface area contributed by atoms with Gasteiger partial charge in [0.2, 0.25) is 0 Å². The summed E-state index contributed by atoms with van der Waals surface area (Å²) in [5.74, 6) is 0.520. The van der Waals surface area contributed by atoms with Gasteiger partial charge >= 0.3 is 0 Å². The van der Waals surface area contributed by atoms with Crippen LogP contribution in [0.3, 0.4) is 0 Å². The predicted molar refractivity (Wildman–Crippen MR) is 77.1 cm³/mol. The number of nitrogens with two attached hydrogens (primary N) is 1. The first kappa shape index (κ1) is 13.9. The minimum atomic E-state index is -0.104. The number of pyridine rings is 1. The number of nitrogen functional groups attached to an aromatic ring is 1. The monoisotopic (exact) mass is 271 g/mol. The van der Waals surface area contributed by atoms with Gasteiger partial charge in [-0.1, -0.05) is 6.07 Å². The minimum absolute atomic E-state index is 0.00669. The van der Waals surface area contributed by atoms with Crippen LogP contribution in [-0.2, 0) is 11.3 Å². The number of anilines is 1. The highest BCUT2D eigenvalue weighted by Crippen LogP contribution is 2.13. The summed E-state index contributed by atoms with van der Waals surface area (Å²) in [6, 6.07) is 12.6. The lowest BCUT2D eigenvalue weighted by molar-refractivity contribution is -0.132. The average molecular weight is 271 g/mol. The largest absolute Gasteiger partial charge is 0.484 e. The van der Waals surface area contributed by atoms with Gasteiger partial charge in [-0.15, -0.1) is 0 Å². The molecule has 2 aromatic rings. The molecule has 0 spiro atoms. The number of carbonyl (C=O) groups is 1. The second-order valence-corrected chi connectivity index (χ2v) is 4.43. The lowest BCUT2D eigenvalue weighted by atomic mass is 10.3. The van der Waals surface area contributed by atoms with Gasteiger partial charge in [-0.05, 0) is 36.4 Å². The predicted octanol–water partition coefficient (Wildman–Crippen LogP) is 1.70. The molecule has 0 aliphatic heterocycles. The van der Waals surface area contributed by atoms with Crippen LogP contribution in [0.4, 0.5) is 5.69 Å². The number of nitrogens with zero attached hydrogens (tertiary/aromatic N) is 2. The number of likely N-dealkylation sites (N-methyl/N-ethyl adjacent to an activating group) is 1. The molecule has 5 nitrogen and oxygen atoms in total. The van der Waals surface area contributed by atoms with Crippen LogP contribution in [0.25, 0.3) is 0 Å². The summed E-state index contributed by atoms with van der Waals surface area (Å²) in [4.78, 5) is 17.7. The Labute approximate surface area is 118 Å². The summed E-state index contributed by atoms with van der Waals surface area (Å²) in [5.41, 5.74) is 7.09. The number of hydrogen-bond acceptors (Lipinski definition) is 4. The van der Waals surface area contributed by atoms with Crippen molar-refractivity contribution in [3.8, 4) is 5.75 Å². The van der Waals surface area contributed by atoms with E-state index in [2.05, 4.69) is 4.98 Å². The van der Waals surface area contributed by atoms with Crippen molar-refractivity contribution in [1.29, 1.82) is 0 Å². The van der Waals surface area contributed by atoms with Crippen molar-refractivity contribution in [2.45, 2.75) is 6.54 Å². The topological polar surface area (TPSA) is 68.5 Å². The highest BCUT2D eigenvalue weighted by molar-refractivity contribution is 5.77. The summed E-state index contributed by atoms with van der Waals surface area (Å²) in [7, 11) is 1.73. The van der Waals surface area contributed by atoms with E-state index < -0.39 is 0 Å². The minimum Gasteiger partial charge on any atom is -0.484 e. The molecule has 0 unspecified atom stereocenters. The molecule has 1 aromatic heterocycles. The van der Waals surface area contributed by atoms with Gasteiger partial charge in [0, 0.05) is 18.9 Å². The van der Waals surface area contributed by atoms with Crippen LogP contribution in [0.15, 0.2) is 48.7 Å². The van der Waals surface area contributed by atoms with Crippen molar-refractivity contribution >= 4 is 11.6 Å². The number of hydrogen-bond donors (Lipinski definition) is 1. The molecular weight excluding hydrogens is 254 g/mol. The molecule has 2 rings (SSSR count). The Hall–Kier alpha value is -2.56. The van der Waals surface area contributed by atoms with E-state index in [-0.39, 0.29) is 12.5 Å². The number of rotatable bonds is 5. The van der Waals surface area contributed by atoms with E-state index >= 15 is 0 Å². The summed E-state index contributed by atoms with van der Waals surface area (Å²) in [5, 5.41) is 0. The molecular formula is C15H17N3O2. The van der Waals surface area contributed by atoms with Crippen molar-refractivity contribution in [2.24, 2.45) is 0 Å². The molecule has 20 heavy (non-hydrogen) atoms. The van der Waals surface area contributed by atoms with Crippen LogP contribution in [0.5, 0.6) is 5.75 Å². The fourth-order valence-electron chi connectivity index (χ4n) is 1.64. The highest BCUT2D eigenvalue weighted by Gasteiger charge is 2.10. The molecule has 0 saturated heterocycles. The van der Waals surface area contributed by atoms with Crippen molar-refractivity contribution in [1.82, 2.24) is 9.88 Å². The Morgan fingerprint density at radius 1 is 1.25 bits per heavy atom. The van der Waals surface area contributed by atoms with Crippen molar-refractivity contribution in [3.05, 3.63) is 54.4 Å². The summed E-state index contributed by atoms with van der Waals surface area (Å²) in [6.45, 7) is 0.456. The SMILES string of the molecule is CN(Cc1ccccn1)C(=O)COc1ccc(N)cc1.